The van der Waals surface area contributed by atoms with Gasteiger partial charge >= 0.3 is 0 Å². The number of halogens is 1. The summed E-state index contributed by atoms with van der Waals surface area (Å²) in [6.45, 7) is 4.35. The van der Waals surface area contributed by atoms with Gasteiger partial charge in [0.05, 0.1) is 12.9 Å². The first-order valence-corrected chi connectivity index (χ1v) is 10.4. The minimum absolute atomic E-state index is 0.224. The van der Waals surface area contributed by atoms with Crippen LogP contribution in [0.5, 0.6) is 5.75 Å². The molecule has 0 N–H and O–H groups in total. The van der Waals surface area contributed by atoms with Gasteiger partial charge in [-0.25, -0.2) is 0 Å². The molecule has 1 aliphatic rings. The number of methoxy groups -OCH3 is 1. The maximum Gasteiger partial charge on any atom is 0.233 e. The molecule has 0 radical (unpaired) electrons. The zero-order chi connectivity index (χ0) is 18.4. The highest BCUT2D eigenvalue weighted by atomic mass is 79.9. The fourth-order valence-corrected chi connectivity index (χ4v) is 3.98. The van der Waals surface area contributed by atoms with E-state index in [1.54, 1.807) is 18.9 Å². The van der Waals surface area contributed by atoms with Crippen LogP contribution in [-0.4, -0.2) is 54.7 Å². The van der Waals surface area contributed by atoms with Crippen molar-refractivity contribution in [3.05, 3.63) is 58.6 Å². The first-order chi connectivity index (χ1) is 12.6. The molecule has 1 fully saturated rings. The minimum atomic E-state index is 0.224. The van der Waals surface area contributed by atoms with E-state index >= 15 is 0 Å². The van der Waals surface area contributed by atoms with Crippen LogP contribution in [0.15, 0.2) is 57.9 Å². The molecule has 0 unspecified atom stereocenters. The number of carbonyl (C=O) groups is 1. The van der Waals surface area contributed by atoms with Gasteiger partial charge in [-0.05, 0) is 42.0 Å². The van der Waals surface area contributed by atoms with E-state index in [0.29, 0.717) is 5.75 Å². The van der Waals surface area contributed by atoms with Crippen molar-refractivity contribution < 1.29 is 9.53 Å². The number of carbonyl (C=O) groups excluding carboxylic acids is 1. The Morgan fingerprint density at radius 3 is 2.31 bits per heavy atom. The van der Waals surface area contributed by atoms with Gasteiger partial charge in [0.1, 0.15) is 5.75 Å². The largest absolute Gasteiger partial charge is 0.497 e. The van der Waals surface area contributed by atoms with Crippen molar-refractivity contribution in [3.63, 3.8) is 0 Å². The molecule has 2 aromatic rings. The molecule has 0 spiro atoms. The number of piperazine rings is 1. The van der Waals surface area contributed by atoms with Gasteiger partial charge < -0.3 is 9.64 Å². The molecule has 0 aliphatic carbocycles. The zero-order valence-electron chi connectivity index (χ0n) is 14.9. The molecule has 3 rings (SSSR count). The van der Waals surface area contributed by atoms with E-state index in [1.165, 1.54) is 5.56 Å². The van der Waals surface area contributed by atoms with Crippen LogP contribution in [0, 0.1) is 0 Å². The number of hydrogen-bond donors (Lipinski definition) is 0. The Kier molecular flexibility index (Phi) is 7.00. The molecule has 1 saturated heterocycles. The number of amides is 1. The molecule has 0 atom stereocenters. The van der Waals surface area contributed by atoms with Crippen molar-refractivity contribution in [2.24, 2.45) is 0 Å². The summed E-state index contributed by atoms with van der Waals surface area (Å²) in [5.41, 5.74) is 1.27. The average molecular weight is 435 g/mol. The fourth-order valence-electron chi connectivity index (χ4n) is 2.91. The van der Waals surface area contributed by atoms with Crippen LogP contribution >= 0.6 is 27.7 Å². The SMILES string of the molecule is COc1ccc(CN2CCN(C(=O)CSc3ccc(Br)cc3)CC2)cc1. The molecule has 0 saturated carbocycles. The van der Waals surface area contributed by atoms with Gasteiger partial charge in [-0.15, -0.1) is 11.8 Å². The third-order valence-corrected chi connectivity index (χ3v) is 5.99. The van der Waals surface area contributed by atoms with E-state index in [0.717, 1.165) is 47.8 Å². The molecule has 2 aromatic carbocycles. The normalized spacial score (nSPS) is 15.1. The Morgan fingerprint density at radius 1 is 1.04 bits per heavy atom. The molecule has 1 aliphatic heterocycles. The van der Waals surface area contributed by atoms with E-state index in [1.807, 2.05) is 41.3 Å². The van der Waals surface area contributed by atoms with Gasteiger partial charge in [0.2, 0.25) is 5.91 Å². The van der Waals surface area contributed by atoms with E-state index < -0.39 is 0 Å². The molecule has 26 heavy (non-hydrogen) atoms. The maximum atomic E-state index is 12.4. The molecule has 1 amide bonds. The summed E-state index contributed by atoms with van der Waals surface area (Å²) in [6, 6.07) is 16.3. The van der Waals surface area contributed by atoms with Crippen LogP contribution < -0.4 is 4.74 Å². The quantitative estimate of drug-likeness (QED) is 0.645. The van der Waals surface area contributed by atoms with Gasteiger partial charge in [-0.2, -0.15) is 0 Å². The second kappa shape index (κ2) is 9.44. The van der Waals surface area contributed by atoms with Crippen LogP contribution in [0.25, 0.3) is 0 Å². The van der Waals surface area contributed by atoms with Crippen LogP contribution in [-0.2, 0) is 11.3 Å². The summed E-state index contributed by atoms with van der Waals surface area (Å²) < 4.78 is 6.25. The van der Waals surface area contributed by atoms with Crippen molar-refractivity contribution >= 4 is 33.6 Å². The number of ether oxygens (including phenoxy) is 1. The fraction of sp³-hybridized carbons (Fsp3) is 0.350. The van der Waals surface area contributed by atoms with Gasteiger partial charge in [0.15, 0.2) is 0 Å². The predicted octanol–water partition coefficient (Wildman–Crippen LogP) is 3.89. The van der Waals surface area contributed by atoms with Crippen LogP contribution in [0.1, 0.15) is 5.56 Å². The van der Waals surface area contributed by atoms with Gasteiger partial charge in [-0.3, -0.25) is 9.69 Å². The number of hydrogen-bond acceptors (Lipinski definition) is 4. The third-order valence-electron chi connectivity index (χ3n) is 4.47. The van der Waals surface area contributed by atoms with E-state index in [2.05, 4.69) is 33.0 Å². The van der Waals surface area contributed by atoms with Crippen LogP contribution in [0.3, 0.4) is 0 Å². The monoisotopic (exact) mass is 434 g/mol. The van der Waals surface area contributed by atoms with Crippen molar-refractivity contribution in [2.45, 2.75) is 11.4 Å². The smallest absolute Gasteiger partial charge is 0.233 e. The predicted molar refractivity (Wildman–Crippen MR) is 110 cm³/mol. The first kappa shape index (κ1) is 19.3. The Hall–Kier alpha value is -1.50. The summed E-state index contributed by atoms with van der Waals surface area (Å²) in [5, 5.41) is 0. The lowest BCUT2D eigenvalue weighted by molar-refractivity contribution is -0.130. The average Bonchev–Trinajstić information content (AvgIpc) is 2.68. The van der Waals surface area contributed by atoms with E-state index in [-0.39, 0.29) is 5.91 Å². The highest BCUT2D eigenvalue weighted by molar-refractivity contribution is 9.10. The maximum absolute atomic E-state index is 12.4. The lowest BCUT2D eigenvalue weighted by Gasteiger charge is -2.34. The molecule has 1 heterocycles. The summed E-state index contributed by atoms with van der Waals surface area (Å²) in [7, 11) is 1.68. The molecule has 6 heteroatoms. The number of nitrogens with zero attached hydrogens (tertiary/aromatic N) is 2. The second-order valence-electron chi connectivity index (χ2n) is 6.25. The highest BCUT2D eigenvalue weighted by Gasteiger charge is 2.21. The molecule has 0 aromatic heterocycles. The van der Waals surface area contributed by atoms with E-state index in [4.69, 9.17) is 4.74 Å². The third kappa shape index (κ3) is 5.50. The summed E-state index contributed by atoms with van der Waals surface area (Å²) >= 11 is 5.03. The van der Waals surface area contributed by atoms with E-state index in [9.17, 15) is 4.79 Å². The standard InChI is InChI=1S/C20H23BrN2O2S/c1-25-18-6-2-16(3-7-18)14-22-10-12-23(13-11-22)20(24)15-26-19-8-4-17(21)5-9-19/h2-9H,10-15H2,1H3. The van der Waals surface area contributed by atoms with Gasteiger partial charge in [0.25, 0.3) is 0 Å². The molecular formula is C20H23BrN2O2S. The first-order valence-electron chi connectivity index (χ1n) is 8.65. The molecule has 0 bridgehead atoms. The Balaban J connectivity index is 1.42. The topological polar surface area (TPSA) is 32.8 Å². The zero-order valence-corrected chi connectivity index (χ0v) is 17.3. The lowest BCUT2D eigenvalue weighted by Crippen LogP contribution is -2.48. The second-order valence-corrected chi connectivity index (χ2v) is 8.21. The molecule has 138 valence electrons. The number of benzene rings is 2. The number of rotatable bonds is 6. The summed E-state index contributed by atoms with van der Waals surface area (Å²) in [5.74, 6) is 1.61. The molecule has 4 nitrogen and oxygen atoms in total. The van der Waals surface area contributed by atoms with Crippen LogP contribution in [0.4, 0.5) is 0 Å². The van der Waals surface area contributed by atoms with Gasteiger partial charge in [-0.1, -0.05) is 28.1 Å². The molecular weight excluding hydrogens is 412 g/mol. The number of thioether (sulfide) groups is 1. The van der Waals surface area contributed by atoms with Crippen LogP contribution in [0.2, 0.25) is 0 Å². The highest BCUT2D eigenvalue weighted by Crippen LogP contribution is 2.21. The summed E-state index contributed by atoms with van der Waals surface area (Å²) in [6.07, 6.45) is 0. The van der Waals surface area contributed by atoms with Crippen molar-refractivity contribution in [1.82, 2.24) is 9.80 Å². The Bertz CT molecular complexity index is 714. The van der Waals surface area contributed by atoms with Crippen molar-refractivity contribution in [1.29, 1.82) is 0 Å². The Morgan fingerprint density at radius 2 is 1.69 bits per heavy atom. The van der Waals surface area contributed by atoms with Crippen molar-refractivity contribution in [2.75, 3.05) is 39.0 Å². The minimum Gasteiger partial charge on any atom is -0.497 e. The van der Waals surface area contributed by atoms with Crippen molar-refractivity contribution in [3.8, 4) is 5.75 Å². The van der Waals surface area contributed by atoms with Gasteiger partial charge in [0, 0.05) is 42.1 Å². The summed E-state index contributed by atoms with van der Waals surface area (Å²) in [4.78, 5) is 17.9. The lowest BCUT2D eigenvalue weighted by atomic mass is 10.2. The Labute approximate surface area is 167 Å².